The SMILES string of the molecule is CCc1noc(C)c1C(=O)NC[C@@H](c1cccs1)N1CCOCC1. The highest BCUT2D eigenvalue weighted by atomic mass is 32.1. The van der Waals surface area contributed by atoms with Gasteiger partial charge in [-0.15, -0.1) is 11.3 Å². The van der Waals surface area contributed by atoms with Crippen molar-refractivity contribution in [1.29, 1.82) is 0 Å². The van der Waals surface area contributed by atoms with Crippen LogP contribution in [0.3, 0.4) is 0 Å². The van der Waals surface area contributed by atoms with E-state index < -0.39 is 0 Å². The van der Waals surface area contributed by atoms with Crippen LogP contribution >= 0.6 is 11.3 Å². The molecule has 24 heavy (non-hydrogen) atoms. The van der Waals surface area contributed by atoms with Crippen LogP contribution in [-0.2, 0) is 11.2 Å². The highest BCUT2D eigenvalue weighted by molar-refractivity contribution is 7.10. The standard InChI is InChI=1S/C17H23N3O3S/c1-3-13-16(12(2)23-19-13)17(21)18-11-14(15-5-4-10-24-15)20-6-8-22-9-7-20/h4-5,10,14H,3,6-9,11H2,1-2H3,(H,18,21)/t14-/m0/s1. The number of aryl methyl sites for hydroxylation is 2. The van der Waals surface area contributed by atoms with Gasteiger partial charge in [0.1, 0.15) is 11.3 Å². The van der Waals surface area contributed by atoms with Gasteiger partial charge in [-0.1, -0.05) is 18.1 Å². The first-order valence-corrected chi connectivity index (χ1v) is 9.17. The Balaban J connectivity index is 1.71. The van der Waals surface area contributed by atoms with Crippen molar-refractivity contribution in [1.82, 2.24) is 15.4 Å². The average Bonchev–Trinajstić information content (AvgIpc) is 3.25. The van der Waals surface area contributed by atoms with Gasteiger partial charge in [0, 0.05) is 24.5 Å². The van der Waals surface area contributed by atoms with Crippen molar-refractivity contribution >= 4 is 17.2 Å². The summed E-state index contributed by atoms with van der Waals surface area (Å²) >= 11 is 1.72. The second kappa shape index (κ2) is 7.92. The van der Waals surface area contributed by atoms with E-state index in [4.69, 9.17) is 9.26 Å². The van der Waals surface area contributed by atoms with Crippen LogP contribution in [0.1, 0.15) is 39.7 Å². The largest absolute Gasteiger partial charge is 0.379 e. The summed E-state index contributed by atoms with van der Waals surface area (Å²) in [6, 6.07) is 4.34. The van der Waals surface area contributed by atoms with Crippen LogP contribution in [0.15, 0.2) is 22.0 Å². The quantitative estimate of drug-likeness (QED) is 0.867. The Morgan fingerprint density at radius 3 is 2.92 bits per heavy atom. The molecule has 3 heterocycles. The number of rotatable bonds is 6. The summed E-state index contributed by atoms with van der Waals surface area (Å²) in [4.78, 5) is 16.2. The molecule has 2 aromatic heterocycles. The van der Waals surface area contributed by atoms with E-state index in [1.165, 1.54) is 4.88 Å². The molecule has 6 nitrogen and oxygen atoms in total. The summed E-state index contributed by atoms with van der Waals surface area (Å²) in [7, 11) is 0. The van der Waals surface area contributed by atoms with Crippen molar-refractivity contribution in [2.24, 2.45) is 0 Å². The Bertz CT molecular complexity index is 663. The third-order valence-electron chi connectivity index (χ3n) is 4.31. The van der Waals surface area contributed by atoms with Crippen molar-refractivity contribution in [3.8, 4) is 0 Å². The van der Waals surface area contributed by atoms with E-state index in [0.717, 1.165) is 26.3 Å². The summed E-state index contributed by atoms with van der Waals surface area (Å²) < 4.78 is 10.6. The lowest BCUT2D eigenvalue weighted by Crippen LogP contribution is -2.43. The molecule has 130 valence electrons. The van der Waals surface area contributed by atoms with E-state index in [0.29, 0.717) is 30.0 Å². The van der Waals surface area contributed by atoms with Crippen molar-refractivity contribution in [2.75, 3.05) is 32.8 Å². The zero-order chi connectivity index (χ0) is 16.9. The molecule has 0 bridgehead atoms. The second-order valence-electron chi connectivity index (χ2n) is 5.80. The smallest absolute Gasteiger partial charge is 0.256 e. The molecule has 0 aromatic carbocycles. The summed E-state index contributed by atoms with van der Waals surface area (Å²) in [5.41, 5.74) is 1.29. The molecular weight excluding hydrogens is 326 g/mol. The normalized spacial score (nSPS) is 16.9. The molecule has 0 radical (unpaired) electrons. The van der Waals surface area contributed by atoms with Crippen LogP contribution < -0.4 is 5.32 Å². The Kier molecular flexibility index (Phi) is 5.65. The molecule has 2 aromatic rings. The van der Waals surface area contributed by atoms with E-state index in [2.05, 4.69) is 32.9 Å². The molecule has 1 saturated heterocycles. The maximum absolute atomic E-state index is 12.6. The highest BCUT2D eigenvalue weighted by Crippen LogP contribution is 2.25. The number of morpholine rings is 1. The zero-order valence-electron chi connectivity index (χ0n) is 14.1. The molecule has 1 N–H and O–H groups in total. The van der Waals surface area contributed by atoms with E-state index in [-0.39, 0.29) is 11.9 Å². The molecule has 7 heteroatoms. The molecule has 3 rings (SSSR count). The number of ether oxygens (including phenoxy) is 1. The van der Waals surface area contributed by atoms with Gasteiger partial charge in [0.2, 0.25) is 0 Å². The monoisotopic (exact) mass is 349 g/mol. The number of amides is 1. The van der Waals surface area contributed by atoms with Gasteiger partial charge in [0.15, 0.2) is 0 Å². The van der Waals surface area contributed by atoms with Crippen LogP contribution in [0.4, 0.5) is 0 Å². The van der Waals surface area contributed by atoms with Crippen molar-refractivity contribution < 1.29 is 14.1 Å². The first-order valence-electron chi connectivity index (χ1n) is 8.29. The van der Waals surface area contributed by atoms with E-state index in [9.17, 15) is 4.79 Å². The Morgan fingerprint density at radius 2 is 2.25 bits per heavy atom. The van der Waals surface area contributed by atoms with Crippen LogP contribution in [0.2, 0.25) is 0 Å². The summed E-state index contributed by atoms with van der Waals surface area (Å²) in [5, 5.41) is 9.11. The zero-order valence-corrected chi connectivity index (χ0v) is 14.9. The fourth-order valence-electron chi connectivity index (χ4n) is 3.01. The summed E-state index contributed by atoms with van der Waals surface area (Å²) in [6.45, 7) is 7.54. The topological polar surface area (TPSA) is 67.6 Å². The number of carbonyl (C=O) groups excluding carboxylic acids is 1. The minimum Gasteiger partial charge on any atom is -0.379 e. The highest BCUT2D eigenvalue weighted by Gasteiger charge is 2.25. The van der Waals surface area contributed by atoms with Crippen LogP contribution in [0.5, 0.6) is 0 Å². The van der Waals surface area contributed by atoms with Gasteiger partial charge in [0.05, 0.1) is 24.9 Å². The van der Waals surface area contributed by atoms with Crippen molar-refractivity contribution in [3.05, 3.63) is 39.4 Å². The fourth-order valence-corrected chi connectivity index (χ4v) is 3.87. The maximum Gasteiger partial charge on any atom is 0.256 e. The number of hydrogen-bond donors (Lipinski definition) is 1. The van der Waals surface area contributed by atoms with Crippen molar-refractivity contribution in [3.63, 3.8) is 0 Å². The first-order chi connectivity index (χ1) is 11.7. The summed E-state index contributed by atoms with van der Waals surface area (Å²) in [5.74, 6) is 0.462. The lowest BCUT2D eigenvalue weighted by Gasteiger charge is -2.34. The van der Waals surface area contributed by atoms with Gasteiger partial charge in [0.25, 0.3) is 5.91 Å². The molecule has 1 atom stereocenters. The molecule has 1 amide bonds. The van der Waals surface area contributed by atoms with Gasteiger partial charge < -0.3 is 14.6 Å². The van der Waals surface area contributed by atoms with Gasteiger partial charge >= 0.3 is 0 Å². The molecule has 1 fully saturated rings. The van der Waals surface area contributed by atoms with E-state index in [1.807, 2.05) is 6.92 Å². The number of aromatic nitrogens is 1. The number of thiophene rings is 1. The minimum absolute atomic E-state index is 0.111. The molecule has 1 aliphatic rings. The third kappa shape index (κ3) is 3.68. The predicted octanol–water partition coefficient (Wildman–Crippen LogP) is 2.41. The lowest BCUT2D eigenvalue weighted by atomic mass is 10.1. The molecule has 1 aliphatic heterocycles. The maximum atomic E-state index is 12.6. The second-order valence-corrected chi connectivity index (χ2v) is 6.78. The van der Waals surface area contributed by atoms with E-state index in [1.54, 1.807) is 18.3 Å². The van der Waals surface area contributed by atoms with Gasteiger partial charge in [-0.25, -0.2) is 0 Å². The molecular formula is C17H23N3O3S. The minimum atomic E-state index is -0.111. The summed E-state index contributed by atoms with van der Waals surface area (Å²) in [6.07, 6.45) is 0.678. The van der Waals surface area contributed by atoms with Crippen LogP contribution in [0.25, 0.3) is 0 Å². The number of carbonyl (C=O) groups is 1. The Morgan fingerprint density at radius 1 is 1.46 bits per heavy atom. The number of nitrogens with zero attached hydrogens (tertiary/aromatic N) is 2. The molecule has 0 saturated carbocycles. The Hall–Kier alpha value is -1.70. The molecule has 0 aliphatic carbocycles. The number of hydrogen-bond acceptors (Lipinski definition) is 6. The van der Waals surface area contributed by atoms with E-state index >= 15 is 0 Å². The van der Waals surface area contributed by atoms with Gasteiger partial charge in [-0.2, -0.15) is 0 Å². The average molecular weight is 349 g/mol. The van der Waals surface area contributed by atoms with Crippen molar-refractivity contribution in [2.45, 2.75) is 26.3 Å². The van der Waals surface area contributed by atoms with Crippen LogP contribution in [0, 0.1) is 6.92 Å². The Labute approximate surface area is 145 Å². The first kappa shape index (κ1) is 17.1. The van der Waals surface area contributed by atoms with Crippen LogP contribution in [-0.4, -0.2) is 48.8 Å². The number of nitrogens with one attached hydrogen (secondary N) is 1. The predicted molar refractivity (Wildman–Crippen MR) is 92.4 cm³/mol. The lowest BCUT2D eigenvalue weighted by molar-refractivity contribution is 0.0169. The van der Waals surface area contributed by atoms with Gasteiger partial charge in [-0.05, 0) is 24.8 Å². The third-order valence-corrected chi connectivity index (χ3v) is 5.28. The van der Waals surface area contributed by atoms with Gasteiger partial charge in [-0.3, -0.25) is 9.69 Å². The fraction of sp³-hybridized carbons (Fsp3) is 0.529. The molecule has 0 unspecified atom stereocenters. The molecule has 0 spiro atoms.